The fourth-order valence-electron chi connectivity index (χ4n) is 10.6. The molecule has 0 radical (unpaired) electrons. The van der Waals surface area contributed by atoms with E-state index >= 15 is 0 Å². The monoisotopic (exact) mass is 1270 g/mol. The molecule has 0 spiro atoms. The molecule has 6 unspecified atom stereocenters. The number of ether oxygens (including phenoxy) is 7. The molecule has 4 aliphatic heterocycles. The Labute approximate surface area is 497 Å². The third-order valence-electron chi connectivity index (χ3n) is 15.6. The van der Waals surface area contributed by atoms with Crippen molar-refractivity contribution in [2.24, 2.45) is 4.99 Å². The molecule has 19 nitrogen and oxygen atoms in total. The van der Waals surface area contributed by atoms with Crippen molar-refractivity contribution in [3.8, 4) is 0 Å². The van der Waals surface area contributed by atoms with E-state index in [1.54, 1.807) is 93.2 Å². The van der Waals surface area contributed by atoms with Crippen LogP contribution in [0.15, 0.2) is 116 Å². The summed E-state index contributed by atoms with van der Waals surface area (Å²) in [5.74, 6) is 0. The van der Waals surface area contributed by atoms with Crippen molar-refractivity contribution >= 4 is 35.2 Å². The molecule has 9 rings (SSSR count). The van der Waals surface area contributed by atoms with Gasteiger partial charge in [0.05, 0.1) is 89.9 Å². The van der Waals surface area contributed by atoms with Crippen molar-refractivity contribution in [2.75, 3.05) is 47.2 Å². The van der Waals surface area contributed by atoms with Crippen LogP contribution in [0.5, 0.6) is 0 Å². The van der Waals surface area contributed by atoms with Crippen LogP contribution in [-0.2, 0) is 89.3 Å². The number of aryl methyl sites for hydroxylation is 3. The van der Waals surface area contributed by atoms with Gasteiger partial charge in [0.25, 0.3) is 0 Å². The number of methoxy groups -OCH3 is 2. The van der Waals surface area contributed by atoms with Crippen LogP contribution in [0.25, 0.3) is 0 Å². The highest BCUT2D eigenvalue weighted by Gasteiger charge is 2.49. The third-order valence-corrected chi connectivity index (χ3v) is 23.2. The van der Waals surface area contributed by atoms with E-state index in [0.29, 0.717) is 59.8 Å². The van der Waals surface area contributed by atoms with Gasteiger partial charge in [-0.05, 0) is 157 Å². The molecule has 3 saturated heterocycles. The van der Waals surface area contributed by atoms with E-state index in [2.05, 4.69) is 24.7 Å². The van der Waals surface area contributed by atoms with E-state index in [1.165, 1.54) is 23.9 Å². The smallest absolute Gasteiger partial charge is 0.390 e. The molecule has 1 N–H and O–H groups in total. The number of sulfone groups is 3. The maximum absolute atomic E-state index is 13.4. The first-order chi connectivity index (χ1) is 40.3. The first kappa shape index (κ1) is 68.1. The molecular weight excluding hydrogens is 1200 g/mol. The van der Waals surface area contributed by atoms with E-state index < -0.39 is 88.0 Å². The average Bonchev–Trinajstić information content (AvgIpc) is 1.03. The maximum Gasteiger partial charge on any atom is 0.522 e. The Balaban J connectivity index is 0.000000185. The molecule has 0 bridgehead atoms. The fourth-order valence-corrected chi connectivity index (χ4v) is 16.3. The summed E-state index contributed by atoms with van der Waals surface area (Å²) in [5, 5.41) is 17.8. The molecule has 0 saturated carbocycles. The van der Waals surface area contributed by atoms with Crippen molar-refractivity contribution in [3.05, 3.63) is 136 Å². The number of rotatable bonds is 18. The molecule has 28 heteroatoms. The van der Waals surface area contributed by atoms with Gasteiger partial charge in [-0.15, -0.1) is 26.3 Å². The van der Waals surface area contributed by atoms with Crippen molar-refractivity contribution in [1.29, 1.82) is 0 Å². The number of benzene rings is 3. The quantitative estimate of drug-likeness (QED) is 0.0804. The largest absolute Gasteiger partial charge is 0.522 e. The van der Waals surface area contributed by atoms with Gasteiger partial charge in [0.15, 0.2) is 29.5 Å². The van der Waals surface area contributed by atoms with Gasteiger partial charge in [0.2, 0.25) is 0 Å². The lowest BCUT2D eigenvalue weighted by molar-refractivity contribution is -0.330. The molecule has 86 heavy (non-hydrogen) atoms. The van der Waals surface area contributed by atoms with Gasteiger partial charge in [-0.25, -0.2) is 34.6 Å². The van der Waals surface area contributed by atoms with Crippen LogP contribution in [0.2, 0.25) is 0 Å². The summed E-state index contributed by atoms with van der Waals surface area (Å²) >= 11 is 0. The third kappa shape index (κ3) is 16.3. The van der Waals surface area contributed by atoms with Gasteiger partial charge in [0.1, 0.15) is 25.7 Å². The van der Waals surface area contributed by atoms with Crippen LogP contribution in [-0.4, -0.2) is 136 Å². The molecule has 6 heterocycles. The molecule has 2 aromatic heterocycles. The van der Waals surface area contributed by atoms with Gasteiger partial charge < -0.3 is 28.8 Å². The van der Waals surface area contributed by atoms with Crippen molar-refractivity contribution in [2.45, 2.75) is 167 Å². The Morgan fingerprint density at radius 3 is 1.33 bits per heavy atom. The number of hydrogen-bond acceptors (Lipinski definition) is 17. The minimum atomic E-state index is -4.78. The minimum Gasteiger partial charge on any atom is -0.390 e. The van der Waals surface area contributed by atoms with Crippen LogP contribution in [0, 0.1) is 20.8 Å². The summed E-state index contributed by atoms with van der Waals surface area (Å²) < 4.78 is 189. The molecule has 474 valence electrons. The van der Waals surface area contributed by atoms with Crippen LogP contribution >= 0.6 is 0 Å². The molecule has 5 aromatic rings. The standard InChI is InChI=1S/C20H25F3N2O5S.C19H22F3NO4S.C19H26N2O5S/c1-14-5-4-6-16(9-14)31(26,27)19(2)7-8-29-18(11-19)17-10-15(12-30-20(21,22)23)24-25(17)13-28-3;1-13-4-3-5-16(8-13)28(24,25)18(2)6-7-26-17(10-18)14-9-15(23-11-14)12-27-19(20,21)22;1-14-5-4-6-16(9-14)27(23,24)19(2)7-8-26-18(11-19)17-10-15(12-22)20-21(17)13-25-3/h4-6,9-10,18H,7-8,11-13H2,1-3H3;3-5,8-9,17H,6-7,10-12H2,1-2H3;4-6,9-10,18,22H,7-8,11-13H2,1-3H3. The Morgan fingerprint density at radius 2 is 0.942 bits per heavy atom. The van der Waals surface area contributed by atoms with Gasteiger partial charge in [-0.3, -0.25) is 14.5 Å². The second-order valence-corrected chi connectivity index (χ2v) is 29.8. The van der Waals surface area contributed by atoms with Crippen LogP contribution in [0.4, 0.5) is 26.3 Å². The van der Waals surface area contributed by atoms with Gasteiger partial charge >= 0.3 is 12.7 Å². The number of aromatic nitrogens is 4. The Hall–Kier alpha value is -5.40. The highest BCUT2D eigenvalue weighted by atomic mass is 32.2. The minimum absolute atomic E-state index is 0.0252. The lowest BCUT2D eigenvalue weighted by Crippen LogP contribution is -2.45. The Morgan fingerprint density at radius 1 is 0.570 bits per heavy atom. The first-order valence-corrected chi connectivity index (χ1v) is 31.9. The lowest BCUT2D eigenvalue weighted by atomic mass is 9.92. The highest BCUT2D eigenvalue weighted by molar-refractivity contribution is 7.93. The fraction of sp³-hybridized carbons (Fsp3) is 0.534. The summed E-state index contributed by atoms with van der Waals surface area (Å²) in [6.07, 6.45) is -7.90. The molecule has 0 aliphatic carbocycles. The summed E-state index contributed by atoms with van der Waals surface area (Å²) in [6.45, 7) is 10.2. The predicted octanol–water partition coefficient (Wildman–Crippen LogP) is 9.91. The number of nitrogens with zero attached hydrogens (tertiary/aromatic N) is 5. The Bertz CT molecular complexity index is 3580. The number of hydrogen-bond donors (Lipinski definition) is 1. The second-order valence-electron chi connectivity index (χ2n) is 22.4. The van der Waals surface area contributed by atoms with E-state index in [0.717, 1.165) is 16.7 Å². The number of aliphatic hydroxyl groups excluding tert-OH is 1. The highest BCUT2D eigenvalue weighted by Crippen LogP contribution is 2.45. The molecule has 6 atom stereocenters. The first-order valence-electron chi connectivity index (χ1n) is 27.4. The molecule has 3 aromatic carbocycles. The van der Waals surface area contributed by atoms with Crippen molar-refractivity contribution in [3.63, 3.8) is 0 Å². The molecule has 0 amide bonds. The number of aliphatic hydroxyl groups is 1. The van der Waals surface area contributed by atoms with E-state index in [1.807, 2.05) is 39.0 Å². The van der Waals surface area contributed by atoms with Gasteiger partial charge in [0, 0.05) is 34.0 Å². The molecule has 3 fully saturated rings. The summed E-state index contributed by atoms with van der Waals surface area (Å²) in [6, 6.07) is 23.7. The zero-order chi connectivity index (χ0) is 63.1. The number of aliphatic imine (C=N–C) groups is 1. The van der Waals surface area contributed by atoms with E-state index in [-0.39, 0.29) is 73.9 Å². The summed E-state index contributed by atoms with van der Waals surface area (Å²) in [7, 11) is -7.86. The van der Waals surface area contributed by atoms with Crippen molar-refractivity contribution in [1.82, 2.24) is 19.6 Å². The van der Waals surface area contributed by atoms with E-state index in [4.69, 9.17) is 23.7 Å². The van der Waals surface area contributed by atoms with Crippen LogP contribution in [0.1, 0.15) is 111 Å². The SMILES string of the molecule is COCn1nc(CO)cc1C1CC(C)(S(=O)(=O)c2cccc(C)c2)CCO1.COCn1nc(COC(F)(F)F)cc1C1CC(C)(S(=O)(=O)c2cccc(C)c2)CCO1.Cc1cccc(S(=O)(=O)C2(C)CCOC(C3=CC(COC(F)(F)F)=NC3)C2)c1. The van der Waals surface area contributed by atoms with Gasteiger partial charge in [-0.1, -0.05) is 36.4 Å². The zero-order valence-electron chi connectivity index (χ0n) is 49.0. The average molecular weight is 1270 g/mol. The summed E-state index contributed by atoms with van der Waals surface area (Å²) in [4.78, 5) is 4.89. The Kier molecular flexibility index (Phi) is 21.8. The normalized spacial score (nSPS) is 24.0. The van der Waals surface area contributed by atoms with Crippen LogP contribution < -0.4 is 0 Å². The number of halogens is 6. The lowest BCUT2D eigenvalue weighted by Gasteiger charge is -2.38. The second kappa shape index (κ2) is 27.6. The number of alkyl halides is 6. The summed E-state index contributed by atoms with van der Waals surface area (Å²) in [5.41, 5.74) is 5.14. The van der Waals surface area contributed by atoms with Crippen LogP contribution in [0.3, 0.4) is 0 Å². The van der Waals surface area contributed by atoms with Crippen molar-refractivity contribution < 1.29 is 89.9 Å². The maximum atomic E-state index is 13.4. The molecule has 4 aliphatic rings. The van der Waals surface area contributed by atoms with E-state index in [9.17, 15) is 56.7 Å². The zero-order valence-corrected chi connectivity index (χ0v) is 51.4. The molecular formula is C58H73F6N5O14S3. The topological polar surface area (TPSA) is 235 Å². The van der Waals surface area contributed by atoms with Gasteiger partial charge in [-0.2, -0.15) is 10.2 Å². The predicted molar refractivity (Wildman–Crippen MR) is 303 cm³/mol.